The van der Waals surface area contributed by atoms with Crippen molar-refractivity contribution in [3.63, 3.8) is 0 Å². The number of carboxylic acids is 1. The highest BCUT2D eigenvalue weighted by Gasteiger charge is 2.23. The van der Waals surface area contributed by atoms with Crippen LogP contribution in [-0.4, -0.2) is 16.1 Å². The zero-order chi connectivity index (χ0) is 16.4. The molecule has 0 amide bonds. The average molecular weight is 345 g/mol. The maximum absolute atomic E-state index is 13.2. The number of rotatable bonds is 4. The number of carbonyl (C=O) groups is 1. The Bertz CT molecular complexity index is 832. The third-order valence-electron chi connectivity index (χ3n) is 3.27. The van der Waals surface area contributed by atoms with E-state index in [1.807, 2.05) is 30.3 Å². The molecular formula is C17H12FNO2S2. The van der Waals surface area contributed by atoms with E-state index in [1.54, 1.807) is 12.1 Å². The molecule has 0 saturated carbocycles. The first-order valence-electron chi connectivity index (χ1n) is 6.79. The molecule has 0 spiro atoms. The molecule has 3 aromatic rings. The zero-order valence-electron chi connectivity index (χ0n) is 11.8. The van der Waals surface area contributed by atoms with E-state index in [1.165, 1.54) is 23.5 Å². The lowest BCUT2D eigenvalue weighted by atomic mass is 10.1. The maximum atomic E-state index is 13.2. The molecule has 116 valence electrons. The van der Waals surface area contributed by atoms with Crippen LogP contribution >= 0.6 is 24.0 Å². The summed E-state index contributed by atoms with van der Waals surface area (Å²) in [5.74, 6) is -1.37. The summed E-state index contributed by atoms with van der Waals surface area (Å²) in [5.41, 5.74) is 2.35. The lowest BCUT2D eigenvalue weighted by molar-refractivity contribution is -0.136. The van der Waals surface area contributed by atoms with Crippen LogP contribution in [0.1, 0.15) is 10.3 Å². The number of thiazole rings is 1. The molecule has 23 heavy (non-hydrogen) atoms. The van der Waals surface area contributed by atoms with E-state index in [-0.39, 0.29) is 5.82 Å². The number of aromatic nitrogens is 1. The van der Waals surface area contributed by atoms with Crippen molar-refractivity contribution >= 4 is 29.9 Å². The van der Waals surface area contributed by atoms with Crippen LogP contribution in [0.15, 0.2) is 54.6 Å². The lowest BCUT2D eigenvalue weighted by Crippen LogP contribution is -2.04. The van der Waals surface area contributed by atoms with E-state index in [2.05, 4.69) is 17.6 Å². The molecule has 0 saturated heterocycles. The quantitative estimate of drug-likeness (QED) is 0.676. The summed E-state index contributed by atoms with van der Waals surface area (Å²) in [6, 6.07) is 15.5. The van der Waals surface area contributed by atoms with Crippen molar-refractivity contribution in [3.05, 3.63) is 65.4 Å². The van der Waals surface area contributed by atoms with Gasteiger partial charge >= 0.3 is 5.97 Å². The van der Waals surface area contributed by atoms with Gasteiger partial charge in [0, 0.05) is 5.56 Å². The maximum Gasteiger partial charge on any atom is 0.323 e. The molecule has 1 aromatic heterocycles. The number of thiol groups is 1. The molecule has 0 aliphatic rings. The van der Waals surface area contributed by atoms with E-state index in [0.29, 0.717) is 10.7 Å². The molecule has 3 rings (SSSR count). The average Bonchev–Trinajstić information content (AvgIpc) is 3.00. The summed E-state index contributed by atoms with van der Waals surface area (Å²) >= 11 is 5.36. The third kappa shape index (κ3) is 3.28. The summed E-state index contributed by atoms with van der Waals surface area (Å²) in [6.45, 7) is 0. The second-order valence-corrected chi connectivity index (χ2v) is 6.39. The van der Waals surface area contributed by atoms with E-state index in [9.17, 15) is 9.18 Å². The van der Waals surface area contributed by atoms with Crippen LogP contribution in [0.2, 0.25) is 0 Å². The number of halogens is 1. The Morgan fingerprint density at radius 2 is 1.74 bits per heavy atom. The zero-order valence-corrected chi connectivity index (χ0v) is 13.5. The topological polar surface area (TPSA) is 50.2 Å². The highest BCUT2D eigenvalue weighted by Crippen LogP contribution is 2.40. The van der Waals surface area contributed by atoms with Gasteiger partial charge in [-0.1, -0.05) is 42.5 Å². The van der Waals surface area contributed by atoms with E-state index in [0.717, 1.165) is 16.0 Å². The highest BCUT2D eigenvalue weighted by molar-refractivity contribution is 7.81. The van der Waals surface area contributed by atoms with Gasteiger partial charge in [-0.15, -0.1) is 11.3 Å². The van der Waals surface area contributed by atoms with Crippen molar-refractivity contribution in [3.8, 4) is 21.7 Å². The fourth-order valence-corrected chi connectivity index (χ4v) is 3.44. The second kappa shape index (κ2) is 6.52. The summed E-state index contributed by atoms with van der Waals surface area (Å²) < 4.78 is 13.2. The van der Waals surface area contributed by atoms with Gasteiger partial charge in [-0.2, -0.15) is 12.6 Å². The first-order chi connectivity index (χ1) is 11.1. The molecule has 1 N–H and O–H groups in total. The van der Waals surface area contributed by atoms with Gasteiger partial charge in [0.15, 0.2) is 5.25 Å². The van der Waals surface area contributed by atoms with Crippen molar-refractivity contribution in [2.45, 2.75) is 5.25 Å². The molecule has 0 aliphatic heterocycles. The summed E-state index contributed by atoms with van der Waals surface area (Å²) in [4.78, 5) is 16.4. The van der Waals surface area contributed by atoms with Gasteiger partial charge in [-0.3, -0.25) is 4.79 Å². The molecule has 6 heteroatoms. The van der Waals surface area contributed by atoms with Gasteiger partial charge in [0.05, 0.1) is 10.6 Å². The van der Waals surface area contributed by atoms with Gasteiger partial charge in [-0.25, -0.2) is 9.37 Å². The summed E-state index contributed by atoms with van der Waals surface area (Å²) in [7, 11) is 0. The second-order valence-electron chi connectivity index (χ2n) is 4.84. The van der Waals surface area contributed by atoms with Crippen LogP contribution in [0.25, 0.3) is 21.7 Å². The Balaban J connectivity index is 2.16. The monoisotopic (exact) mass is 345 g/mol. The summed E-state index contributed by atoms with van der Waals surface area (Å²) in [6.07, 6.45) is 0. The Morgan fingerprint density at radius 1 is 1.09 bits per heavy atom. The smallest absolute Gasteiger partial charge is 0.323 e. The molecule has 0 fully saturated rings. The van der Waals surface area contributed by atoms with Crippen LogP contribution in [0.3, 0.4) is 0 Å². The number of hydrogen-bond acceptors (Lipinski definition) is 4. The Labute approximate surface area is 141 Å². The van der Waals surface area contributed by atoms with Gasteiger partial charge in [-0.05, 0) is 17.7 Å². The first kappa shape index (κ1) is 15.7. The van der Waals surface area contributed by atoms with Gasteiger partial charge in [0.2, 0.25) is 0 Å². The standard InChI is InChI=1S/C17H12FNO2S2/c18-12-8-6-11(7-9-12)15-13(10-4-2-1-3-5-10)19-16(23-15)14(22)17(20)21/h1-9,14,22H,(H,20,21). The SMILES string of the molecule is O=C(O)C(S)c1nc(-c2ccccc2)c(-c2ccc(F)cc2)s1. The van der Waals surface area contributed by atoms with Gasteiger partial charge in [0.1, 0.15) is 10.8 Å². The Morgan fingerprint density at radius 3 is 2.35 bits per heavy atom. The molecule has 0 aliphatic carbocycles. The minimum absolute atomic E-state index is 0.322. The normalized spacial score (nSPS) is 12.1. The van der Waals surface area contributed by atoms with Crippen molar-refractivity contribution < 1.29 is 14.3 Å². The molecule has 0 radical (unpaired) electrons. The van der Waals surface area contributed by atoms with Crippen LogP contribution in [-0.2, 0) is 4.79 Å². The van der Waals surface area contributed by atoms with Crippen LogP contribution in [0.5, 0.6) is 0 Å². The Hall–Kier alpha value is -2.18. The minimum atomic E-state index is -1.05. The van der Waals surface area contributed by atoms with Crippen LogP contribution in [0.4, 0.5) is 4.39 Å². The van der Waals surface area contributed by atoms with E-state index in [4.69, 9.17) is 5.11 Å². The fraction of sp³-hybridized carbons (Fsp3) is 0.0588. The minimum Gasteiger partial charge on any atom is -0.480 e. The molecule has 2 aromatic carbocycles. The molecular weight excluding hydrogens is 333 g/mol. The van der Waals surface area contributed by atoms with Crippen molar-refractivity contribution in [2.24, 2.45) is 0 Å². The van der Waals surface area contributed by atoms with Crippen LogP contribution < -0.4 is 0 Å². The van der Waals surface area contributed by atoms with Crippen molar-refractivity contribution in [1.82, 2.24) is 4.98 Å². The Kier molecular flexibility index (Phi) is 4.45. The first-order valence-corrected chi connectivity index (χ1v) is 8.12. The molecule has 1 heterocycles. The van der Waals surface area contributed by atoms with Crippen molar-refractivity contribution in [2.75, 3.05) is 0 Å². The summed E-state index contributed by atoms with van der Waals surface area (Å²) in [5, 5.41) is 8.57. The number of benzene rings is 2. The highest BCUT2D eigenvalue weighted by atomic mass is 32.1. The van der Waals surface area contributed by atoms with E-state index >= 15 is 0 Å². The number of nitrogens with zero attached hydrogens (tertiary/aromatic N) is 1. The molecule has 0 bridgehead atoms. The molecule has 1 atom stereocenters. The van der Waals surface area contributed by atoms with Crippen molar-refractivity contribution in [1.29, 1.82) is 0 Å². The van der Waals surface area contributed by atoms with Gasteiger partial charge in [0.25, 0.3) is 0 Å². The predicted octanol–water partition coefficient (Wildman–Crippen LogP) is 4.67. The molecule has 1 unspecified atom stereocenters. The number of carboxylic acid groups (broad SMARTS) is 1. The van der Waals surface area contributed by atoms with Gasteiger partial charge < -0.3 is 5.11 Å². The van der Waals surface area contributed by atoms with Crippen LogP contribution in [0, 0.1) is 5.82 Å². The predicted molar refractivity (Wildman–Crippen MR) is 92.3 cm³/mol. The number of hydrogen-bond donors (Lipinski definition) is 2. The lowest BCUT2D eigenvalue weighted by Gasteiger charge is -2.02. The molecule has 3 nitrogen and oxygen atoms in total. The van der Waals surface area contributed by atoms with E-state index < -0.39 is 11.2 Å². The largest absolute Gasteiger partial charge is 0.480 e. The number of aliphatic carboxylic acids is 1. The fourth-order valence-electron chi connectivity index (χ4n) is 2.15. The third-order valence-corrected chi connectivity index (χ3v) is 5.07.